The van der Waals surface area contributed by atoms with Crippen LogP contribution in [0.5, 0.6) is 0 Å². The van der Waals surface area contributed by atoms with Gasteiger partial charge in [-0.3, -0.25) is 14.3 Å². The summed E-state index contributed by atoms with van der Waals surface area (Å²) in [6.07, 6.45) is 7.34. The number of aromatic nitrogens is 4. The normalized spacial score (nSPS) is 20.0. The highest BCUT2D eigenvalue weighted by molar-refractivity contribution is 8.04. The van der Waals surface area contributed by atoms with Crippen LogP contribution in [0.15, 0.2) is 46.3 Å². The van der Waals surface area contributed by atoms with E-state index in [1.165, 1.54) is 16.4 Å². The van der Waals surface area contributed by atoms with Crippen LogP contribution >= 0.6 is 11.8 Å². The Morgan fingerprint density at radius 1 is 1.42 bits per heavy atom. The Bertz CT molecular complexity index is 915. The van der Waals surface area contributed by atoms with Crippen molar-refractivity contribution in [2.45, 2.75) is 38.4 Å². The lowest BCUT2D eigenvalue weighted by Gasteiger charge is -2.27. The monoisotopic (exact) mass is 372 g/mol. The summed E-state index contributed by atoms with van der Waals surface area (Å²) in [4.78, 5) is 31.2. The molecule has 0 bridgehead atoms. The molecule has 1 aliphatic carbocycles. The summed E-state index contributed by atoms with van der Waals surface area (Å²) in [5.41, 5.74) is 6.73. The number of amides is 1. The minimum atomic E-state index is -0.482. The van der Waals surface area contributed by atoms with Crippen molar-refractivity contribution in [3.05, 3.63) is 57.5 Å². The maximum atomic E-state index is 12.8. The molecular weight excluding hydrogens is 352 g/mol. The molecule has 0 aromatic carbocycles. The molecule has 136 valence electrons. The Morgan fingerprint density at radius 3 is 2.88 bits per heavy atom. The second-order valence-electron chi connectivity index (χ2n) is 6.66. The van der Waals surface area contributed by atoms with Crippen LogP contribution < -0.4 is 11.4 Å². The lowest BCUT2D eigenvalue weighted by atomic mass is 10.2. The van der Waals surface area contributed by atoms with Crippen LogP contribution in [0.1, 0.15) is 30.8 Å². The van der Waals surface area contributed by atoms with Gasteiger partial charge in [-0.05, 0) is 37.3 Å². The number of carbonyl (C=O) groups excluding carboxylic acids is 1. The van der Waals surface area contributed by atoms with Crippen molar-refractivity contribution in [3.63, 3.8) is 0 Å². The van der Waals surface area contributed by atoms with E-state index in [2.05, 4.69) is 10.1 Å². The molecule has 2 N–H and O–H groups in total. The first-order valence-electron chi connectivity index (χ1n) is 8.51. The Balaban J connectivity index is 1.66. The van der Waals surface area contributed by atoms with E-state index in [4.69, 9.17) is 5.73 Å². The number of nitrogens with zero attached hydrogens (tertiary/aromatic N) is 5. The van der Waals surface area contributed by atoms with Gasteiger partial charge in [0.25, 0.3) is 5.91 Å². The second-order valence-corrected chi connectivity index (χ2v) is 7.72. The van der Waals surface area contributed by atoms with Crippen LogP contribution in [-0.4, -0.2) is 30.1 Å². The van der Waals surface area contributed by atoms with Gasteiger partial charge in [0.2, 0.25) is 0 Å². The van der Waals surface area contributed by atoms with Gasteiger partial charge in [-0.15, -0.1) is 0 Å². The lowest BCUT2D eigenvalue weighted by Crippen LogP contribution is -2.33. The van der Waals surface area contributed by atoms with Crippen LogP contribution in [0.4, 0.5) is 0 Å². The van der Waals surface area contributed by atoms with Gasteiger partial charge in [0.15, 0.2) is 5.50 Å². The summed E-state index contributed by atoms with van der Waals surface area (Å²) in [7, 11) is 0. The SMILES string of the molecule is CC1=C(C(N)=O)SC(n2cnn(CC3CC3)c2=O)N1Cc1cccnc1. The van der Waals surface area contributed by atoms with Gasteiger partial charge < -0.3 is 10.6 Å². The average molecular weight is 372 g/mol. The molecule has 1 atom stereocenters. The van der Waals surface area contributed by atoms with E-state index >= 15 is 0 Å². The zero-order valence-corrected chi connectivity index (χ0v) is 15.2. The number of carbonyl (C=O) groups is 1. The molecule has 2 aromatic heterocycles. The number of hydrogen-bond acceptors (Lipinski definition) is 6. The molecule has 2 aromatic rings. The van der Waals surface area contributed by atoms with Crippen LogP contribution in [0, 0.1) is 5.92 Å². The third-order valence-electron chi connectivity index (χ3n) is 4.67. The number of allylic oxidation sites excluding steroid dienone is 1. The summed E-state index contributed by atoms with van der Waals surface area (Å²) in [6, 6.07) is 3.82. The topological polar surface area (TPSA) is 99.0 Å². The number of nitrogens with two attached hydrogens (primary N) is 1. The smallest absolute Gasteiger partial charge is 0.348 e. The van der Waals surface area contributed by atoms with E-state index in [9.17, 15) is 9.59 Å². The third-order valence-corrected chi connectivity index (χ3v) is 6.10. The molecule has 0 radical (unpaired) electrons. The predicted molar refractivity (Wildman–Crippen MR) is 97.5 cm³/mol. The Hall–Kier alpha value is -2.55. The molecule has 1 unspecified atom stereocenters. The molecule has 1 amide bonds. The summed E-state index contributed by atoms with van der Waals surface area (Å²) in [5.74, 6) is 0.0735. The van der Waals surface area contributed by atoms with Gasteiger partial charge in [-0.25, -0.2) is 9.48 Å². The fourth-order valence-electron chi connectivity index (χ4n) is 3.05. The Labute approximate surface area is 154 Å². The molecule has 26 heavy (non-hydrogen) atoms. The quantitative estimate of drug-likeness (QED) is 0.820. The Morgan fingerprint density at radius 2 is 2.23 bits per heavy atom. The van der Waals surface area contributed by atoms with Crippen molar-refractivity contribution < 1.29 is 4.79 Å². The third kappa shape index (κ3) is 3.14. The minimum Gasteiger partial charge on any atom is -0.365 e. The number of primary amides is 1. The largest absolute Gasteiger partial charge is 0.365 e. The number of thioether (sulfide) groups is 1. The van der Waals surface area contributed by atoms with Crippen LogP contribution in [0.25, 0.3) is 0 Å². The van der Waals surface area contributed by atoms with E-state index in [1.54, 1.807) is 23.3 Å². The Kier molecular flexibility index (Phi) is 4.31. The average Bonchev–Trinajstić information content (AvgIpc) is 3.30. The molecule has 2 aliphatic rings. The number of hydrogen-bond donors (Lipinski definition) is 1. The highest BCUT2D eigenvalue weighted by atomic mass is 32.2. The zero-order valence-electron chi connectivity index (χ0n) is 14.4. The molecule has 3 heterocycles. The number of pyridine rings is 1. The van der Waals surface area contributed by atoms with E-state index in [1.807, 2.05) is 24.0 Å². The molecule has 0 spiro atoms. The van der Waals surface area contributed by atoms with Gasteiger partial charge >= 0.3 is 5.69 Å². The van der Waals surface area contributed by atoms with Gasteiger partial charge in [0.1, 0.15) is 6.33 Å². The van der Waals surface area contributed by atoms with Gasteiger partial charge in [0, 0.05) is 31.2 Å². The van der Waals surface area contributed by atoms with E-state index < -0.39 is 11.4 Å². The molecule has 1 saturated carbocycles. The van der Waals surface area contributed by atoms with Gasteiger partial charge in [-0.1, -0.05) is 17.8 Å². The van der Waals surface area contributed by atoms with Crippen molar-refractivity contribution in [2.75, 3.05) is 0 Å². The maximum absolute atomic E-state index is 12.8. The van der Waals surface area contributed by atoms with Crippen LogP contribution in [0.3, 0.4) is 0 Å². The predicted octanol–water partition coefficient (Wildman–Crippen LogP) is 1.27. The van der Waals surface area contributed by atoms with E-state index in [0.717, 1.165) is 24.1 Å². The molecular formula is C17H20N6O2S. The first-order valence-corrected chi connectivity index (χ1v) is 9.39. The maximum Gasteiger partial charge on any atom is 0.348 e. The van der Waals surface area contributed by atoms with Crippen molar-refractivity contribution >= 4 is 17.7 Å². The molecule has 0 saturated heterocycles. The fraction of sp³-hybridized carbons (Fsp3) is 0.412. The van der Waals surface area contributed by atoms with E-state index in [0.29, 0.717) is 23.9 Å². The van der Waals surface area contributed by atoms with Crippen molar-refractivity contribution in [1.29, 1.82) is 0 Å². The zero-order chi connectivity index (χ0) is 18.3. The summed E-state index contributed by atoms with van der Waals surface area (Å²) >= 11 is 1.29. The minimum absolute atomic E-state index is 0.163. The summed E-state index contributed by atoms with van der Waals surface area (Å²) in [6.45, 7) is 3.03. The molecule has 9 heteroatoms. The lowest BCUT2D eigenvalue weighted by molar-refractivity contribution is -0.114. The van der Waals surface area contributed by atoms with Gasteiger partial charge in [0.05, 0.1) is 4.91 Å². The number of rotatable bonds is 6. The molecule has 1 fully saturated rings. The first kappa shape index (κ1) is 16.9. The molecule has 4 rings (SSSR count). The molecule has 1 aliphatic heterocycles. The summed E-state index contributed by atoms with van der Waals surface area (Å²) < 4.78 is 3.08. The second kappa shape index (κ2) is 6.64. The molecule has 8 nitrogen and oxygen atoms in total. The van der Waals surface area contributed by atoms with E-state index in [-0.39, 0.29) is 5.69 Å². The fourth-order valence-corrected chi connectivity index (χ4v) is 4.28. The summed E-state index contributed by atoms with van der Waals surface area (Å²) in [5, 5.41) is 4.26. The van der Waals surface area contributed by atoms with Crippen molar-refractivity contribution in [2.24, 2.45) is 11.7 Å². The highest BCUT2D eigenvalue weighted by Crippen LogP contribution is 2.44. The highest BCUT2D eigenvalue weighted by Gasteiger charge is 2.35. The van der Waals surface area contributed by atoms with Crippen LogP contribution in [-0.2, 0) is 17.9 Å². The van der Waals surface area contributed by atoms with Gasteiger partial charge in [-0.2, -0.15) is 5.10 Å². The van der Waals surface area contributed by atoms with Crippen molar-refractivity contribution in [3.8, 4) is 0 Å². The first-order chi connectivity index (χ1) is 12.5. The standard InChI is InChI=1S/C17H20N6O2S/c1-11-14(15(18)24)26-17(21(11)8-13-3-2-6-19-7-13)22-10-20-23(16(22)25)9-12-4-5-12/h2-3,6-7,10,12,17H,4-5,8-9H2,1H3,(H2,18,24). The van der Waals surface area contributed by atoms with Crippen molar-refractivity contribution in [1.82, 2.24) is 24.2 Å². The van der Waals surface area contributed by atoms with Crippen LogP contribution in [0.2, 0.25) is 0 Å².